The molecule has 0 N–H and O–H groups in total. The third-order valence-electron chi connectivity index (χ3n) is 5.89. The van der Waals surface area contributed by atoms with Gasteiger partial charge in [-0.05, 0) is 47.4 Å². The van der Waals surface area contributed by atoms with Crippen molar-refractivity contribution < 1.29 is 9.47 Å². The van der Waals surface area contributed by atoms with Crippen LogP contribution < -0.4 is 15.2 Å². The lowest BCUT2D eigenvalue weighted by molar-refractivity contribution is 0.153. The van der Waals surface area contributed by atoms with E-state index in [0.717, 1.165) is 29.8 Å². The van der Waals surface area contributed by atoms with Crippen LogP contribution in [-0.4, -0.2) is 39.8 Å². The van der Waals surface area contributed by atoms with Crippen molar-refractivity contribution in [3.63, 3.8) is 0 Å². The molecule has 2 aromatic heterocycles. The van der Waals surface area contributed by atoms with Crippen LogP contribution in [0.5, 0.6) is 11.5 Å². The molecule has 0 saturated carbocycles. The van der Waals surface area contributed by atoms with Gasteiger partial charge in [-0.2, -0.15) is 4.68 Å². The molecule has 0 fully saturated rings. The maximum atomic E-state index is 12.9. The van der Waals surface area contributed by atoms with Gasteiger partial charge in [0.15, 0.2) is 17.1 Å². The van der Waals surface area contributed by atoms with E-state index in [-0.39, 0.29) is 11.7 Å². The lowest BCUT2D eigenvalue weighted by atomic mass is 9.88. The molecule has 31 heavy (non-hydrogen) atoms. The summed E-state index contributed by atoms with van der Waals surface area (Å²) in [4.78, 5) is 15.2. The molecule has 2 aromatic carbocycles. The van der Waals surface area contributed by atoms with E-state index >= 15 is 0 Å². The van der Waals surface area contributed by atoms with Gasteiger partial charge in [0.1, 0.15) is 0 Å². The number of rotatable bonds is 5. The van der Waals surface area contributed by atoms with Gasteiger partial charge in [0, 0.05) is 12.7 Å². The zero-order chi connectivity index (χ0) is 21.4. The smallest absolute Gasteiger partial charge is 0.351 e. The molecule has 1 atom stereocenters. The van der Waals surface area contributed by atoms with Crippen LogP contribution in [0.25, 0.3) is 5.65 Å². The number of nitrogens with zero attached hydrogens (tertiary/aromatic N) is 4. The Morgan fingerprint density at radius 2 is 1.74 bits per heavy atom. The van der Waals surface area contributed by atoms with E-state index < -0.39 is 0 Å². The van der Waals surface area contributed by atoms with Crippen molar-refractivity contribution in [2.75, 3.05) is 20.8 Å². The van der Waals surface area contributed by atoms with Gasteiger partial charge in [0.2, 0.25) is 0 Å². The highest BCUT2D eigenvalue weighted by Gasteiger charge is 2.31. The predicted molar refractivity (Wildman–Crippen MR) is 118 cm³/mol. The Bertz CT molecular complexity index is 1280. The zero-order valence-electron chi connectivity index (χ0n) is 17.6. The second-order valence-electron chi connectivity index (χ2n) is 7.63. The molecule has 3 heterocycles. The first-order chi connectivity index (χ1) is 15.2. The van der Waals surface area contributed by atoms with Gasteiger partial charge < -0.3 is 9.47 Å². The minimum Gasteiger partial charge on any atom is -0.493 e. The van der Waals surface area contributed by atoms with Crippen molar-refractivity contribution in [1.82, 2.24) is 19.1 Å². The average molecular weight is 416 g/mol. The highest BCUT2D eigenvalue weighted by Crippen LogP contribution is 2.41. The maximum absolute atomic E-state index is 12.9. The van der Waals surface area contributed by atoms with Crippen LogP contribution in [0.4, 0.5) is 0 Å². The van der Waals surface area contributed by atoms with Gasteiger partial charge in [-0.3, -0.25) is 9.30 Å². The Morgan fingerprint density at radius 3 is 2.48 bits per heavy atom. The summed E-state index contributed by atoms with van der Waals surface area (Å²) in [6.45, 7) is 1.19. The molecule has 0 spiro atoms. The quantitative estimate of drug-likeness (QED) is 0.500. The lowest BCUT2D eigenvalue weighted by Gasteiger charge is -2.37. The largest absolute Gasteiger partial charge is 0.493 e. The Hall–Kier alpha value is -3.58. The molecule has 0 aliphatic carbocycles. The van der Waals surface area contributed by atoms with E-state index in [0.29, 0.717) is 18.1 Å². The second kappa shape index (κ2) is 7.92. The monoisotopic (exact) mass is 416 g/mol. The number of methoxy groups -OCH3 is 2. The molecule has 7 nitrogen and oxygen atoms in total. The van der Waals surface area contributed by atoms with Crippen molar-refractivity contribution in [2.24, 2.45) is 0 Å². The van der Waals surface area contributed by atoms with E-state index in [9.17, 15) is 4.79 Å². The Balaban J connectivity index is 1.60. The van der Waals surface area contributed by atoms with Crippen LogP contribution in [0.2, 0.25) is 0 Å². The van der Waals surface area contributed by atoms with E-state index in [1.807, 2.05) is 36.4 Å². The summed E-state index contributed by atoms with van der Waals surface area (Å²) in [7, 11) is 3.31. The van der Waals surface area contributed by atoms with Crippen LogP contribution in [0, 0.1) is 0 Å². The third-order valence-corrected chi connectivity index (χ3v) is 5.89. The second-order valence-corrected chi connectivity index (χ2v) is 7.63. The number of hydrogen-bond acceptors (Lipinski definition) is 5. The minimum atomic E-state index is -0.138. The molecule has 1 aliphatic rings. The van der Waals surface area contributed by atoms with Crippen LogP contribution in [0.1, 0.15) is 22.7 Å². The van der Waals surface area contributed by atoms with Crippen LogP contribution >= 0.6 is 0 Å². The summed E-state index contributed by atoms with van der Waals surface area (Å²) in [5, 5.41) is 4.53. The van der Waals surface area contributed by atoms with E-state index in [1.54, 1.807) is 24.8 Å². The fourth-order valence-corrected chi connectivity index (χ4v) is 4.41. The Labute approximate surface area is 180 Å². The molecule has 4 aromatic rings. The Kier molecular flexibility index (Phi) is 4.95. The van der Waals surface area contributed by atoms with Crippen molar-refractivity contribution in [1.29, 1.82) is 0 Å². The normalized spacial score (nSPS) is 16.3. The van der Waals surface area contributed by atoms with Gasteiger partial charge in [-0.1, -0.05) is 36.4 Å². The molecule has 158 valence electrons. The summed E-state index contributed by atoms with van der Waals surface area (Å²) in [6.07, 6.45) is 2.60. The highest BCUT2D eigenvalue weighted by molar-refractivity contribution is 5.51. The number of hydrogen-bond donors (Lipinski definition) is 0. The van der Waals surface area contributed by atoms with Crippen molar-refractivity contribution in [3.05, 3.63) is 94.0 Å². The van der Waals surface area contributed by atoms with E-state index in [4.69, 9.17) is 9.47 Å². The van der Waals surface area contributed by atoms with Gasteiger partial charge in [0.05, 0.1) is 26.9 Å². The number of aromatic nitrogens is 3. The summed E-state index contributed by atoms with van der Waals surface area (Å²) < 4.78 is 14.2. The first-order valence-corrected chi connectivity index (χ1v) is 10.3. The maximum Gasteiger partial charge on any atom is 0.351 e. The number of pyridine rings is 1. The standard InChI is InChI=1S/C24H24N4O3/c1-30-20-14-18-11-13-26(16-28-24(29)27-12-7-6-10-22(27)25-28)23(17-8-4-3-5-9-17)19(18)15-21(20)31-2/h3-10,12,14-15,23H,11,13,16H2,1-2H3. The van der Waals surface area contributed by atoms with Crippen molar-refractivity contribution >= 4 is 5.65 Å². The Morgan fingerprint density at radius 1 is 1.00 bits per heavy atom. The van der Waals surface area contributed by atoms with Crippen LogP contribution in [-0.2, 0) is 13.1 Å². The average Bonchev–Trinajstić information content (AvgIpc) is 3.13. The molecule has 1 unspecified atom stereocenters. The van der Waals surface area contributed by atoms with E-state index in [2.05, 4.69) is 34.3 Å². The van der Waals surface area contributed by atoms with Gasteiger partial charge >= 0.3 is 5.69 Å². The number of benzene rings is 2. The molecule has 5 rings (SSSR count). The van der Waals surface area contributed by atoms with Crippen molar-refractivity contribution in [3.8, 4) is 11.5 Å². The SMILES string of the molecule is COc1cc2c(cc1OC)C(c1ccccc1)N(Cn1nc3ccccn3c1=O)CC2. The summed E-state index contributed by atoms with van der Waals surface area (Å²) in [5.74, 6) is 1.44. The molecule has 0 radical (unpaired) electrons. The molecule has 0 bridgehead atoms. The van der Waals surface area contributed by atoms with Gasteiger partial charge in [-0.15, -0.1) is 5.10 Å². The molecular weight excluding hydrogens is 392 g/mol. The van der Waals surface area contributed by atoms with Gasteiger partial charge in [0.25, 0.3) is 0 Å². The summed E-state index contributed by atoms with van der Waals surface area (Å²) >= 11 is 0. The predicted octanol–water partition coefficient (Wildman–Crippen LogP) is 3.12. The molecule has 0 amide bonds. The fourth-order valence-electron chi connectivity index (χ4n) is 4.41. The zero-order valence-corrected chi connectivity index (χ0v) is 17.6. The molecule has 7 heteroatoms. The third kappa shape index (κ3) is 3.37. The number of ether oxygens (including phenoxy) is 2. The molecular formula is C24H24N4O3. The van der Waals surface area contributed by atoms with Crippen LogP contribution in [0.15, 0.2) is 71.7 Å². The molecule has 0 saturated heterocycles. The van der Waals surface area contributed by atoms with Gasteiger partial charge in [-0.25, -0.2) is 4.79 Å². The van der Waals surface area contributed by atoms with Crippen LogP contribution in [0.3, 0.4) is 0 Å². The summed E-state index contributed by atoms with van der Waals surface area (Å²) in [5.41, 5.74) is 4.05. The first-order valence-electron chi connectivity index (χ1n) is 10.3. The minimum absolute atomic E-state index is 0.0264. The molecule has 1 aliphatic heterocycles. The topological polar surface area (TPSA) is 61.0 Å². The van der Waals surface area contributed by atoms with Crippen molar-refractivity contribution in [2.45, 2.75) is 19.1 Å². The fraction of sp³-hybridized carbons (Fsp3) is 0.250. The van der Waals surface area contributed by atoms with E-state index in [1.165, 1.54) is 10.2 Å². The summed E-state index contributed by atoms with van der Waals surface area (Å²) in [6, 6.07) is 20.0. The number of fused-ring (bicyclic) bond motifs is 2. The highest BCUT2D eigenvalue weighted by atomic mass is 16.5. The first kappa shape index (κ1) is 19.4. The lowest BCUT2D eigenvalue weighted by Crippen LogP contribution is -2.40.